The summed E-state index contributed by atoms with van der Waals surface area (Å²) in [6.07, 6.45) is 0. The number of aromatic nitrogens is 4. The second kappa shape index (κ2) is 6.85. The van der Waals surface area contributed by atoms with E-state index in [9.17, 15) is 9.59 Å². The summed E-state index contributed by atoms with van der Waals surface area (Å²) < 4.78 is 3.20. The first kappa shape index (κ1) is 17.4. The van der Waals surface area contributed by atoms with E-state index in [-0.39, 0.29) is 6.61 Å². The summed E-state index contributed by atoms with van der Waals surface area (Å²) in [5, 5.41) is 9.10. The molecule has 0 unspecified atom stereocenters. The third kappa shape index (κ3) is 3.24. The van der Waals surface area contributed by atoms with Crippen LogP contribution < -0.4 is 21.0 Å². The Labute approximate surface area is 144 Å². The molecule has 1 aliphatic rings. The Morgan fingerprint density at radius 1 is 1.36 bits per heavy atom. The maximum absolute atomic E-state index is 12.4. The zero-order chi connectivity index (χ0) is 18.1. The van der Waals surface area contributed by atoms with Crippen molar-refractivity contribution in [1.29, 1.82) is 0 Å². The third-order valence-corrected chi connectivity index (χ3v) is 4.63. The fraction of sp³-hybridized carbons (Fsp3) is 0.562. The minimum absolute atomic E-state index is 0.182. The van der Waals surface area contributed by atoms with Crippen LogP contribution in [0.15, 0.2) is 21.7 Å². The lowest BCUT2D eigenvalue weighted by atomic mass is 10.3. The predicted octanol–water partition coefficient (Wildman–Crippen LogP) is -2.30. The number of anilines is 1. The van der Waals surface area contributed by atoms with Crippen molar-refractivity contribution in [3.05, 3.63) is 33.0 Å². The van der Waals surface area contributed by atoms with Crippen LogP contribution in [-0.4, -0.2) is 63.5 Å². The number of rotatable bonds is 5. The summed E-state index contributed by atoms with van der Waals surface area (Å²) in [6, 6.07) is 0. The van der Waals surface area contributed by atoms with Gasteiger partial charge in [-0.2, -0.15) is 4.98 Å². The number of quaternary nitrogens is 1. The molecule has 0 saturated carbocycles. The molecule has 0 aromatic carbocycles. The quantitative estimate of drug-likeness (QED) is 0.527. The number of nitrogens with zero attached hydrogens (tertiary/aromatic N) is 4. The molecule has 0 atom stereocenters. The van der Waals surface area contributed by atoms with Crippen LogP contribution in [-0.2, 0) is 13.6 Å². The van der Waals surface area contributed by atoms with Gasteiger partial charge in [0.25, 0.3) is 5.56 Å². The van der Waals surface area contributed by atoms with E-state index in [1.807, 2.05) is 11.5 Å². The van der Waals surface area contributed by atoms with Gasteiger partial charge in [0.2, 0.25) is 5.95 Å². The number of hydrogen-bond acceptors (Lipinski definition) is 5. The normalized spacial score (nSPS) is 15.9. The number of aryl methyl sites for hydroxylation is 1. The Balaban J connectivity index is 2.07. The molecule has 0 spiro atoms. The van der Waals surface area contributed by atoms with Crippen LogP contribution in [0.3, 0.4) is 0 Å². The molecule has 1 fully saturated rings. The molecule has 3 heterocycles. The van der Waals surface area contributed by atoms with Crippen molar-refractivity contribution >= 4 is 17.1 Å². The summed E-state index contributed by atoms with van der Waals surface area (Å²) in [5.41, 5.74) is 0.780. The molecular weight excluding hydrogens is 324 g/mol. The fourth-order valence-corrected chi connectivity index (χ4v) is 3.32. The van der Waals surface area contributed by atoms with E-state index in [0.29, 0.717) is 23.7 Å². The lowest BCUT2D eigenvalue weighted by molar-refractivity contribution is -0.900. The highest BCUT2D eigenvalue weighted by atomic mass is 16.3. The lowest BCUT2D eigenvalue weighted by Crippen LogP contribution is -3.15. The third-order valence-electron chi connectivity index (χ3n) is 4.63. The largest absolute Gasteiger partial charge is 0.391 e. The minimum atomic E-state index is -0.471. The highest BCUT2D eigenvalue weighted by Gasteiger charge is 2.26. The van der Waals surface area contributed by atoms with Crippen molar-refractivity contribution in [2.24, 2.45) is 7.05 Å². The minimum Gasteiger partial charge on any atom is -0.391 e. The van der Waals surface area contributed by atoms with Gasteiger partial charge in [-0.15, -0.1) is 0 Å². The molecule has 3 N–H and O–H groups in total. The van der Waals surface area contributed by atoms with Crippen molar-refractivity contribution in [2.75, 3.05) is 44.2 Å². The lowest BCUT2D eigenvalue weighted by Gasteiger charge is -2.32. The van der Waals surface area contributed by atoms with E-state index in [1.165, 1.54) is 9.47 Å². The zero-order valence-corrected chi connectivity index (χ0v) is 14.7. The fourth-order valence-electron chi connectivity index (χ4n) is 3.32. The van der Waals surface area contributed by atoms with E-state index in [4.69, 9.17) is 5.11 Å². The standard InChI is InChI=1S/C16H24N6O3/c1-11(2)10-22-12-13(19(3)16(25)18-14(12)24)17-15(22)21-6-4-20(5-7-21)8-9-23/h23H,1,4-10H2,2-3H3,(H,18,24,25)/p+1. The average Bonchev–Trinajstić information content (AvgIpc) is 2.93. The number of aromatic amines is 1. The van der Waals surface area contributed by atoms with Crippen molar-refractivity contribution in [1.82, 2.24) is 19.1 Å². The highest BCUT2D eigenvalue weighted by molar-refractivity contribution is 5.74. The average molecular weight is 349 g/mol. The number of hydrogen-bond donors (Lipinski definition) is 3. The molecule has 0 radical (unpaired) electrons. The Bertz CT molecular complexity index is 901. The maximum atomic E-state index is 12.4. The Morgan fingerprint density at radius 3 is 2.64 bits per heavy atom. The molecule has 1 aliphatic heterocycles. The highest BCUT2D eigenvalue weighted by Crippen LogP contribution is 2.20. The van der Waals surface area contributed by atoms with Crippen LogP contribution in [0, 0.1) is 0 Å². The van der Waals surface area contributed by atoms with Gasteiger partial charge in [-0.25, -0.2) is 4.79 Å². The molecule has 9 nitrogen and oxygen atoms in total. The number of aliphatic hydroxyl groups is 1. The molecule has 0 amide bonds. The van der Waals surface area contributed by atoms with Gasteiger partial charge in [-0.3, -0.25) is 14.3 Å². The van der Waals surface area contributed by atoms with Gasteiger partial charge in [0.15, 0.2) is 11.2 Å². The number of allylic oxidation sites excluding steroid dienone is 1. The van der Waals surface area contributed by atoms with Crippen LogP contribution >= 0.6 is 0 Å². The number of imidazole rings is 1. The van der Waals surface area contributed by atoms with Gasteiger partial charge in [-0.1, -0.05) is 12.2 Å². The van der Waals surface area contributed by atoms with Gasteiger partial charge in [0.1, 0.15) is 6.54 Å². The first-order chi connectivity index (χ1) is 11.9. The van der Waals surface area contributed by atoms with Crippen LogP contribution in [0.2, 0.25) is 0 Å². The maximum Gasteiger partial charge on any atom is 0.329 e. The van der Waals surface area contributed by atoms with Gasteiger partial charge < -0.3 is 19.5 Å². The van der Waals surface area contributed by atoms with E-state index < -0.39 is 11.2 Å². The molecular formula is C16H25N6O3+. The molecule has 0 bridgehead atoms. The SMILES string of the molecule is C=C(C)Cn1c(N2CC[NH+](CCO)CC2)nc2c1c(=O)[nH]c(=O)n2C. The number of nitrogens with one attached hydrogen (secondary N) is 2. The summed E-state index contributed by atoms with van der Waals surface area (Å²) in [6.45, 7) is 10.6. The van der Waals surface area contributed by atoms with E-state index in [0.717, 1.165) is 38.3 Å². The van der Waals surface area contributed by atoms with Crippen LogP contribution in [0.25, 0.3) is 11.2 Å². The van der Waals surface area contributed by atoms with Gasteiger partial charge in [0.05, 0.1) is 32.8 Å². The van der Waals surface area contributed by atoms with Crippen molar-refractivity contribution in [3.63, 3.8) is 0 Å². The molecule has 25 heavy (non-hydrogen) atoms. The molecule has 2 aromatic heterocycles. The first-order valence-electron chi connectivity index (χ1n) is 8.45. The van der Waals surface area contributed by atoms with Crippen molar-refractivity contribution < 1.29 is 10.0 Å². The van der Waals surface area contributed by atoms with Gasteiger partial charge >= 0.3 is 5.69 Å². The van der Waals surface area contributed by atoms with Crippen LogP contribution in [0.1, 0.15) is 6.92 Å². The summed E-state index contributed by atoms with van der Waals surface area (Å²) in [5.74, 6) is 0.688. The smallest absolute Gasteiger partial charge is 0.329 e. The zero-order valence-electron chi connectivity index (χ0n) is 14.7. The summed E-state index contributed by atoms with van der Waals surface area (Å²) in [4.78, 5) is 34.7. The summed E-state index contributed by atoms with van der Waals surface area (Å²) >= 11 is 0. The predicted molar refractivity (Wildman–Crippen MR) is 95.3 cm³/mol. The second-order valence-electron chi connectivity index (χ2n) is 6.66. The monoisotopic (exact) mass is 349 g/mol. The molecule has 2 aromatic rings. The summed E-state index contributed by atoms with van der Waals surface area (Å²) in [7, 11) is 1.60. The van der Waals surface area contributed by atoms with E-state index in [1.54, 1.807) is 7.05 Å². The number of piperazine rings is 1. The topological polar surface area (TPSA) is 101 Å². The second-order valence-corrected chi connectivity index (χ2v) is 6.66. The Hall–Kier alpha value is -2.39. The number of aliphatic hydroxyl groups excluding tert-OH is 1. The molecule has 136 valence electrons. The van der Waals surface area contributed by atoms with Gasteiger partial charge in [0, 0.05) is 13.6 Å². The van der Waals surface area contributed by atoms with Crippen LogP contribution in [0.5, 0.6) is 0 Å². The number of fused-ring (bicyclic) bond motifs is 1. The Morgan fingerprint density at radius 2 is 2.04 bits per heavy atom. The number of H-pyrrole nitrogens is 1. The van der Waals surface area contributed by atoms with E-state index in [2.05, 4.69) is 21.4 Å². The van der Waals surface area contributed by atoms with Gasteiger partial charge in [-0.05, 0) is 6.92 Å². The van der Waals surface area contributed by atoms with Crippen molar-refractivity contribution in [3.8, 4) is 0 Å². The van der Waals surface area contributed by atoms with Crippen molar-refractivity contribution in [2.45, 2.75) is 13.5 Å². The molecule has 1 saturated heterocycles. The van der Waals surface area contributed by atoms with Crippen LogP contribution in [0.4, 0.5) is 5.95 Å². The molecule has 9 heteroatoms. The molecule has 3 rings (SSSR count). The first-order valence-corrected chi connectivity index (χ1v) is 8.45. The Kier molecular flexibility index (Phi) is 4.78. The van der Waals surface area contributed by atoms with E-state index >= 15 is 0 Å². The molecule has 0 aliphatic carbocycles.